The van der Waals surface area contributed by atoms with Gasteiger partial charge in [-0.05, 0) is 61.4 Å². The number of para-hydroxylation sites is 3. The largest absolute Gasteiger partial charge is 0.495 e. The molecule has 0 aliphatic carbocycles. The van der Waals surface area contributed by atoms with Crippen molar-refractivity contribution in [3.05, 3.63) is 89.5 Å². The summed E-state index contributed by atoms with van der Waals surface area (Å²) in [6.45, 7) is 2.05. The first-order valence-corrected chi connectivity index (χ1v) is 9.54. The zero-order chi connectivity index (χ0) is 20.4. The van der Waals surface area contributed by atoms with E-state index in [1.54, 1.807) is 43.5 Å². The van der Waals surface area contributed by atoms with E-state index in [-0.39, 0.29) is 17.9 Å². The van der Waals surface area contributed by atoms with Crippen LogP contribution in [0.15, 0.2) is 72.8 Å². The second-order valence-electron chi connectivity index (χ2n) is 7.09. The number of hydrogen-bond donors (Lipinski definition) is 1. The Labute approximate surface area is 169 Å². The number of fused-ring (bicyclic) bond motifs is 1. The average molecular weight is 386 g/mol. The Morgan fingerprint density at radius 1 is 0.931 bits per heavy atom. The number of ether oxygens (including phenoxy) is 1. The highest BCUT2D eigenvalue weighted by atomic mass is 16.5. The van der Waals surface area contributed by atoms with E-state index in [2.05, 4.69) is 11.4 Å². The van der Waals surface area contributed by atoms with E-state index in [4.69, 9.17) is 4.74 Å². The van der Waals surface area contributed by atoms with Crippen LogP contribution in [0.25, 0.3) is 0 Å². The van der Waals surface area contributed by atoms with Gasteiger partial charge in [-0.1, -0.05) is 30.3 Å². The topological polar surface area (TPSA) is 58.6 Å². The molecule has 0 aromatic heterocycles. The van der Waals surface area contributed by atoms with Crippen LogP contribution in [-0.2, 0) is 6.42 Å². The summed E-state index contributed by atoms with van der Waals surface area (Å²) < 4.78 is 5.26. The van der Waals surface area contributed by atoms with E-state index in [0.717, 1.165) is 12.1 Å². The van der Waals surface area contributed by atoms with Crippen molar-refractivity contribution in [1.29, 1.82) is 0 Å². The fourth-order valence-electron chi connectivity index (χ4n) is 3.72. The molecule has 5 nitrogen and oxygen atoms in total. The van der Waals surface area contributed by atoms with E-state index in [9.17, 15) is 9.59 Å². The standard InChI is InChI=1S/C24H22N2O3/c1-16-15-19-7-3-5-9-21(19)26(16)24(28)18-13-11-17(12-14-18)23(27)25-20-8-4-6-10-22(20)29-2/h3-14,16H,15H2,1-2H3,(H,25,27). The summed E-state index contributed by atoms with van der Waals surface area (Å²) in [5.74, 6) is 0.279. The Balaban J connectivity index is 1.52. The van der Waals surface area contributed by atoms with Crippen molar-refractivity contribution in [2.75, 3.05) is 17.3 Å². The Morgan fingerprint density at radius 2 is 1.59 bits per heavy atom. The maximum atomic E-state index is 13.1. The molecule has 0 saturated heterocycles. The molecule has 5 heteroatoms. The van der Waals surface area contributed by atoms with Crippen LogP contribution in [0.4, 0.5) is 11.4 Å². The highest BCUT2D eigenvalue weighted by Crippen LogP contribution is 2.33. The first-order chi connectivity index (χ1) is 14.1. The van der Waals surface area contributed by atoms with Crippen molar-refractivity contribution in [3.8, 4) is 5.75 Å². The molecule has 1 aliphatic heterocycles. The third kappa shape index (κ3) is 3.59. The van der Waals surface area contributed by atoms with E-state index in [1.807, 2.05) is 42.2 Å². The number of rotatable bonds is 4. The SMILES string of the molecule is COc1ccccc1NC(=O)c1ccc(C(=O)N2c3ccccc3CC2C)cc1. The lowest BCUT2D eigenvalue weighted by Crippen LogP contribution is -2.35. The van der Waals surface area contributed by atoms with Crippen molar-refractivity contribution in [2.45, 2.75) is 19.4 Å². The van der Waals surface area contributed by atoms with Gasteiger partial charge in [-0.2, -0.15) is 0 Å². The van der Waals surface area contributed by atoms with Crippen molar-refractivity contribution in [1.82, 2.24) is 0 Å². The number of methoxy groups -OCH3 is 1. The molecule has 1 N–H and O–H groups in total. The van der Waals surface area contributed by atoms with Crippen LogP contribution in [0.1, 0.15) is 33.2 Å². The highest BCUT2D eigenvalue weighted by molar-refractivity contribution is 6.09. The fraction of sp³-hybridized carbons (Fsp3) is 0.167. The summed E-state index contributed by atoms with van der Waals surface area (Å²) in [7, 11) is 1.56. The lowest BCUT2D eigenvalue weighted by atomic mass is 10.1. The molecule has 1 aliphatic rings. The van der Waals surface area contributed by atoms with Crippen molar-refractivity contribution < 1.29 is 14.3 Å². The number of anilines is 2. The fourth-order valence-corrected chi connectivity index (χ4v) is 3.72. The predicted molar refractivity (Wildman–Crippen MR) is 114 cm³/mol. The summed E-state index contributed by atoms with van der Waals surface area (Å²) in [5, 5.41) is 2.84. The smallest absolute Gasteiger partial charge is 0.258 e. The van der Waals surface area contributed by atoms with Crippen LogP contribution in [0.3, 0.4) is 0 Å². The Bertz CT molecular complexity index is 1060. The third-order valence-electron chi connectivity index (χ3n) is 5.18. The van der Waals surface area contributed by atoms with Crippen molar-refractivity contribution >= 4 is 23.2 Å². The molecular formula is C24H22N2O3. The summed E-state index contributed by atoms with van der Waals surface area (Å²) in [4.78, 5) is 27.5. The number of nitrogens with one attached hydrogen (secondary N) is 1. The van der Waals surface area contributed by atoms with Crippen LogP contribution in [0.5, 0.6) is 5.75 Å². The van der Waals surface area contributed by atoms with Gasteiger partial charge in [0, 0.05) is 22.9 Å². The molecule has 1 heterocycles. The summed E-state index contributed by atoms with van der Waals surface area (Å²) in [5.41, 5.74) is 3.77. The first kappa shape index (κ1) is 18.7. The molecule has 1 unspecified atom stereocenters. The van der Waals surface area contributed by atoms with Crippen molar-refractivity contribution in [3.63, 3.8) is 0 Å². The zero-order valence-electron chi connectivity index (χ0n) is 16.4. The van der Waals surface area contributed by atoms with Crippen LogP contribution >= 0.6 is 0 Å². The third-order valence-corrected chi connectivity index (χ3v) is 5.18. The second-order valence-corrected chi connectivity index (χ2v) is 7.09. The highest BCUT2D eigenvalue weighted by Gasteiger charge is 2.31. The molecule has 146 valence electrons. The van der Waals surface area contributed by atoms with Gasteiger partial charge in [0.15, 0.2) is 0 Å². The minimum absolute atomic E-state index is 0.0564. The number of amides is 2. The van der Waals surface area contributed by atoms with Crippen LogP contribution in [0, 0.1) is 0 Å². The minimum atomic E-state index is -0.256. The minimum Gasteiger partial charge on any atom is -0.495 e. The van der Waals surface area contributed by atoms with Gasteiger partial charge >= 0.3 is 0 Å². The van der Waals surface area contributed by atoms with E-state index in [1.165, 1.54) is 5.56 Å². The van der Waals surface area contributed by atoms with E-state index < -0.39 is 0 Å². The summed E-state index contributed by atoms with van der Waals surface area (Å²) in [6.07, 6.45) is 0.849. The number of nitrogens with zero attached hydrogens (tertiary/aromatic N) is 1. The number of carbonyl (C=O) groups is 2. The van der Waals surface area contributed by atoms with Gasteiger partial charge in [-0.3, -0.25) is 9.59 Å². The predicted octanol–water partition coefficient (Wildman–Crippen LogP) is 4.54. The van der Waals surface area contributed by atoms with Gasteiger partial charge < -0.3 is 15.0 Å². The molecule has 4 rings (SSSR count). The van der Waals surface area contributed by atoms with Gasteiger partial charge in [0.2, 0.25) is 0 Å². The summed E-state index contributed by atoms with van der Waals surface area (Å²) in [6, 6.07) is 22.1. The normalized spacial score (nSPS) is 15.0. The van der Waals surface area contributed by atoms with Crippen molar-refractivity contribution in [2.24, 2.45) is 0 Å². The molecule has 0 fully saturated rings. The molecule has 1 atom stereocenters. The Morgan fingerprint density at radius 3 is 2.34 bits per heavy atom. The van der Waals surface area contributed by atoms with Gasteiger partial charge in [0.25, 0.3) is 11.8 Å². The molecule has 3 aromatic carbocycles. The average Bonchev–Trinajstić information content (AvgIpc) is 3.09. The maximum absolute atomic E-state index is 13.1. The quantitative estimate of drug-likeness (QED) is 0.716. The second kappa shape index (κ2) is 7.80. The van der Waals surface area contributed by atoms with Gasteiger partial charge in [-0.25, -0.2) is 0 Å². The van der Waals surface area contributed by atoms with E-state index in [0.29, 0.717) is 22.6 Å². The molecule has 29 heavy (non-hydrogen) atoms. The Hall–Kier alpha value is -3.60. The molecule has 0 spiro atoms. The molecule has 2 amide bonds. The zero-order valence-corrected chi connectivity index (χ0v) is 16.4. The number of hydrogen-bond acceptors (Lipinski definition) is 3. The lowest BCUT2D eigenvalue weighted by Gasteiger charge is -2.23. The molecule has 0 saturated carbocycles. The monoisotopic (exact) mass is 386 g/mol. The van der Waals surface area contributed by atoms with Crippen LogP contribution < -0.4 is 15.0 Å². The van der Waals surface area contributed by atoms with Gasteiger partial charge in [0.1, 0.15) is 5.75 Å². The molecular weight excluding hydrogens is 364 g/mol. The van der Waals surface area contributed by atoms with Crippen LogP contribution in [0.2, 0.25) is 0 Å². The first-order valence-electron chi connectivity index (χ1n) is 9.54. The van der Waals surface area contributed by atoms with E-state index >= 15 is 0 Å². The van der Waals surface area contributed by atoms with Gasteiger partial charge in [-0.15, -0.1) is 0 Å². The molecule has 0 bridgehead atoms. The number of carbonyl (C=O) groups excluding carboxylic acids is 2. The Kier molecular flexibility index (Phi) is 5.04. The van der Waals surface area contributed by atoms with Gasteiger partial charge in [0.05, 0.1) is 12.8 Å². The maximum Gasteiger partial charge on any atom is 0.258 e. The van der Waals surface area contributed by atoms with Crippen LogP contribution in [-0.4, -0.2) is 25.0 Å². The number of benzene rings is 3. The lowest BCUT2D eigenvalue weighted by molar-refractivity contribution is 0.0978. The molecule has 3 aromatic rings. The summed E-state index contributed by atoms with van der Waals surface area (Å²) >= 11 is 0. The molecule has 0 radical (unpaired) electrons.